The number of rotatable bonds is 5. The number of ether oxygens (including phenoxy) is 1. The van der Waals surface area contributed by atoms with E-state index >= 15 is 0 Å². The Hall–Kier alpha value is -3.97. The Morgan fingerprint density at radius 2 is 1.84 bits per heavy atom. The molecule has 5 aromatic rings. The summed E-state index contributed by atoms with van der Waals surface area (Å²) >= 11 is 5.97. The Kier molecular flexibility index (Phi) is 4.93. The summed E-state index contributed by atoms with van der Waals surface area (Å²) in [5.74, 6) is 2.27. The van der Waals surface area contributed by atoms with Gasteiger partial charge < -0.3 is 14.6 Å². The van der Waals surface area contributed by atoms with E-state index < -0.39 is 0 Å². The molecule has 5 rings (SSSR count). The van der Waals surface area contributed by atoms with Crippen molar-refractivity contribution in [3.05, 3.63) is 78.1 Å². The van der Waals surface area contributed by atoms with E-state index in [1.165, 1.54) is 0 Å². The summed E-state index contributed by atoms with van der Waals surface area (Å²) in [7, 11) is 1.62. The number of methoxy groups -OCH3 is 1. The summed E-state index contributed by atoms with van der Waals surface area (Å²) in [6, 6.07) is 18.6. The number of benzene rings is 2. The zero-order valence-electron chi connectivity index (χ0n) is 16.4. The van der Waals surface area contributed by atoms with Crippen LogP contribution in [0.5, 0.6) is 5.75 Å². The molecule has 0 aliphatic heterocycles. The van der Waals surface area contributed by atoms with Crippen LogP contribution in [0.25, 0.3) is 33.5 Å². The average molecular weight is 430 g/mol. The van der Waals surface area contributed by atoms with E-state index in [9.17, 15) is 0 Å². The first-order chi connectivity index (χ1) is 15.2. The molecule has 3 heterocycles. The van der Waals surface area contributed by atoms with Gasteiger partial charge in [-0.1, -0.05) is 28.9 Å². The Morgan fingerprint density at radius 1 is 0.968 bits per heavy atom. The lowest BCUT2D eigenvalue weighted by Crippen LogP contribution is -1.99. The number of halogens is 1. The number of hydrogen-bond donors (Lipinski definition) is 1. The molecule has 0 bridgehead atoms. The number of hydrogen-bond acceptors (Lipinski definition) is 7. The van der Waals surface area contributed by atoms with Crippen LogP contribution in [0.15, 0.2) is 77.6 Å². The van der Waals surface area contributed by atoms with Gasteiger partial charge in [0.15, 0.2) is 5.82 Å². The predicted octanol–water partition coefficient (Wildman–Crippen LogP) is 5.75. The van der Waals surface area contributed by atoms with Gasteiger partial charge in [0.05, 0.1) is 12.6 Å². The molecule has 0 aliphatic carbocycles. The van der Waals surface area contributed by atoms with Crippen molar-refractivity contribution in [1.29, 1.82) is 0 Å². The molecule has 0 radical (unpaired) electrons. The molecule has 2 aromatic carbocycles. The smallest absolute Gasteiger partial charge is 0.230 e. The van der Waals surface area contributed by atoms with Crippen molar-refractivity contribution in [3.63, 3.8) is 0 Å². The highest BCUT2D eigenvalue weighted by Gasteiger charge is 2.14. The van der Waals surface area contributed by atoms with E-state index in [-0.39, 0.29) is 0 Å². The Labute approximate surface area is 182 Å². The molecule has 7 nitrogen and oxygen atoms in total. The van der Waals surface area contributed by atoms with E-state index in [0.29, 0.717) is 34.0 Å². The fourth-order valence-corrected chi connectivity index (χ4v) is 3.29. The standard InChI is InChI=1S/C23H16ClN5O2/c1-30-17-8-9-19-18(11-17)23(28-22(26-19)15-3-2-10-25-13-15)27-21-12-20(29-31-21)14-4-6-16(24)7-5-14/h2-13H,1H3,(H,26,27,28). The van der Waals surface area contributed by atoms with Crippen molar-refractivity contribution in [2.75, 3.05) is 12.4 Å². The van der Waals surface area contributed by atoms with E-state index in [1.807, 2.05) is 54.6 Å². The van der Waals surface area contributed by atoms with Gasteiger partial charge in [-0.3, -0.25) is 4.98 Å². The van der Waals surface area contributed by atoms with Crippen molar-refractivity contribution in [2.24, 2.45) is 0 Å². The number of nitrogens with zero attached hydrogens (tertiary/aromatic N) is 4. The lowest BCUT2D eigenvalue weighted by Gasteiger charge is -2.10. The summed E-state index contributed by atoms with van der Waals surface area (Å²) in [6.07, 6.45) is 3.43. The first-order valence-electron chi connectivity index (χ1n) is 9.45. The number of aromatic nitrogens is 4. The number of nitrogens with one attached hydrogen (secondary N) is 1. The maximum Gasteiger partial charge on any atom is 0.230 e. The van der Waals surface area contributed by atoms with Crippen LogP contribution in [0.3, 0.4) is 0 Å². The van der Waals surface area contributed by atoms with Crippen LogP contribution < -0.4 is 10.1 Å². The highest BCUT2D eigenvalue weighted by atomic mass is 35.5. The highest BCUT2D eigenvalue weighted by Crippen LogP contribution is 2.31. The fraction of sp³-hybridized carbons (Fsp3) is 0.0435. The SMILES string of the molecule is COc1ccc2nc(-c3cccnc3)nc(Nc3cc(-c4ccc(Cl)cc4)no3)c2c1. The predicted molar refractivity (Wildman–Crippen MR) is 120 cm³/mol. The van der Waals surface area contributed by atoms with Gasteiger partial charge in [-0.05, 0) is 42.5 Å². The van der Waals surface area contributed by atoms with Crippen LogP contribution in [0, 0.1) is 0 Å². The molecule has 0 amide bonds. The van der Waals surface area contributed by atoms with Crippen molar-refractivity contribution in [2.45, 2.75) is 0 Å². The van der Waals surface area contributed by atoms with Crippen LogP contribution in [-0.4, -0.2) is 27.2 Å². The van der Waals surface area contributed by atoms with Crippen LogP contribution >= 0.6 is 11.6 Å². The third kappa shape index (κ3) is 3.91. The largest absolute Gasteiger partial charge is 0.497 e. The normalized spacial score (nSPS) is 10.9. The molecule has 0 spiro atoms. The third-order valence-electron chi connectivity index (χ3n) is 4.71. The second-order valence-corrected chi connectivity index (χ2v) is 7.17. The fourth-order valence-electron chi connectivity index (χ4n) is 3.16. The maximum absolute atomic E-state index is 5.97. The molecule has 0 fully saturated rings. The summed E-state index contributed by atoms with van der Waals surface area (Å²) in [4.78, 5) is 13.6. The van der Waals surface area contributed by atoms with E-state index in [2.05, 4.69) is 20.4 Å². The van der Waals surface area contributed by atoms with Crippen molar-refractivity contribution < 1.29 is 9.26 Å². The van der Waals surface area contributed by atoms with Gasteiger partial charge in [0.2, 0.25) is 5.88 Å². The van der Waals surface area contributed by atoms with E-state index in [1.54, 1.807) is 25.6 Å². The molecule has 1 N–H and O–H groups in total. The van der Waals surface area contributed by atoms with Crippen LogP contribution in [0.4, 0.5) is 11.7 Å². The highest BCUT2D eigenvalue weighted by molar-refractivity contribution is 6.30. The summed E-state index contributed by atoms with van der Waals surface area (Å²) < 4.78 is 10.9. The summed E-state index contributed by atoms with van der Waals surface area (Å²) in [6.45, 7) is 0. The maximum atomic E-state index is 5.97. The van der Waals surface area contributed by atoms with Gasteiger partial charge in [-0.25, -0.2) is 9.97 Å². The zero-order valence-corrected chi connectivity index (χ0v) is 17.2. The minimum Gasteiger partial charge on any atom is -0.497 e. The molecule has 0 saturated carbocycles. The molecule has 0 aliphatic rings. The molecule has 0 unspecified atom stereocenters. The van der Waals surface area contributed by atoms with Crippen LogP contribution in [0.1, 0.15) is 0 Å². The first-order valence-corrected chi connectivity index (χ1v) is 9.83. The monoisotopic (exact) mass is 429 g/mol. The number of anilines is 2. The molecular formula is C23H16ClN5O2. The van der Waals surface area contributed by atoms with Crippen LogP contribution in [0.2, 0.25) is 5.02 Å². The Bertz CT molecular complexity index is 1350. The van der Waals surface area contributed by atoms with Gasteiger partial charge in [0, 0.05) is 40.0 Å². The lowest BCUT2D eigenvalue weighted by atomic mass is 10.1. The van der Waals surface area contributed by atoms with Gasteiger partial charge in [0.1, 0.15) is 17.3 Å². The van der Waals surface area contributed by atoms with E-state index in [4.69, 9.17) is 25.8 Å². The van der Waals surface area contributed by atoms with Crippen LogP contribution in [-0.2, 0) is 0 Å². The second-order valence-electron chi connectivity index (χ2n) is 6.73. The van der Waals surface area contributed by atoms with Gasteiger partial charge in [-0.2, -0.15) is 0 Å². The quantitative estimate of drug-likeness (QED) is 0.380. The Morgan fingerprint density at radius 3 is 2.61 bits per heavy atom. The second kappa shape index (κ2) is 8.04. The number of fused-ring (bicyclic) bond motifs is 1. The minimum atomic E-state index is 0.449. The number of pyridine rings is 1. The molecule has 152 valence electrons. The molecule has 0 atom stereocenters. The molecule has 31 heavy (non-hydrogen) atoms. The summed E-state index contributed by atoms with van der Waals surface area (Å²) in [5.41, 5.74) is 3.14. The van der Waals surface area contributed by atoms with Crippen molar-refractivity contribution in [1.82, 2.24) is 20.1 Å². The lowest BCUT2D eigenvalue weighted by molar-refractivity contribution is 0.415. The molecular weight excluding hydrogens is 414 g/mol. The summed E-state index contributed by atoms with van der Waals surface area (Å²) in [5, 5.41) is 8.83. The van der Waals surface area contributed by atoms with Gasteiger partial charge in [-0.15, -0.1) is 0 Å². The zero-order chi connectivity index (χ0) is 21.2. The Balaban J connectivity index is 1.57. The first kappa shape index (κ1) is 19.0. The molecule has 3 aromatic heterocycles. The van der Waals surface area contributed by atoms with Crippen molar-refractivity contribution in [3.8, 4) is 28.4 Å². The minimum absolute atomic E-state index is 0.449. The van der Waals surface area contributed by atoms with E-state index in [0.717, 1.165) is 22.0 Å². The average Bonchev–Trinajstić information content (AvgIpc) is 3.28. The molecule has 0 saturated heterocycles. The topological polar surface area (TPSA) is 86.0 Å². The third-order valence-corrected chi connectivity index (χ3v) is 4.97. The van der Waals surface area contributed by atoms with Gasteiger partial charge >= 0.3 is 0 Å². The van der Waals surface area contributed by atoms with Gasteiger partial charge in [0.25, 0.3) is 0 Å². The van der Waals surface area contributed by atoms with Crippen molar-refractivity contribution >= 4 is 34.2 Å². The molecule has 8 heteroatoms.